The Kier molecular flexibility index (Phi) is 4.06. The van der Waals surface area contributed by atoms with Gasteiger partial charge in [-0.2, -0.15) is 0 Å². The summed E-state index contributed by atoms with van der Waals surface area (Å²) in [4.78, 5) is 0.193. The summed E-state index contributed by atoms with van der Waals surface area (Å²) in [6.07, 6.45) is 0. The number of halogens is 1. The number of rotatable bonds is 4. The Morgan fingerprint density at radius 1 is 1.20 bits per heavy atom. The normalized spacial score (nSPS) is 11.3. The van der Waals surface area contributed by atoms with E-state index in [1.807, 2.05) is 0 Å². The topological polar surface area (TPSA) is 72.2 Å². The Balaban J connectivity index is 2.36. The first kappa shape index (κ1) is 14.5. The maximum Gasteiger partial charge on any atom is 0.262 e. The monoisotopic (exact) mass is 294 g/mol. The van der Waals surface area contributed by atoms with Crippen molar-refractivity contribution in [3.05, 3.63) is 59.4 Å². The maximum absolute atomic E-state index is 13.3. The zero-order chi connectivity index (χ0) is 14.8. The van der Waals surface area contributed by atoms with Crippen LogP contribution in [0.1, 0.15) is 11.1 Å². The average molecular weight is 294 g/mol. The first-order chi connectivity index (χ1) is 9.44. The number of aryl methyl sites for hydroxylation is 1. The van der Waals surface area contributed by atoms with Crippen LogP contribution in [0.4, 0.5) is 10.1 Å². The van der Waals surface area contributed by atoms with Crippen molar-refractivity contribution in [3.8, 4) is 0 Å². The Morgan fingerprint density at radius 2 is 1.90 bits per heavy atom. The highest BCUT2D eigenvalue weighted by Crippen LogP contribution is 2.20. The summed E-state index contributed by atoms with van der Waals surface area (Å²) in [5, 5.41) is 0. The highest BCUT2D eigenvalue weighted by Gasteiger charge is 2.16. The molecule has 0 saturated heterocycles. The van der Waals surface area contributed by atoms with Gasteiger partial charge in [0.05, 0.1) is 4.90 Å². The molecule has 6 heteroatoms. The van der Waals surface area contributed by atoms with Gasteiger partial charge in [-0.15, -0.1) is 0 Å². The molecule has 106 valence electrons. The van der Waals surface area contributed by atoms with Crippen LogP contribution in [-0.2, 0) is 16.6 Å². The van der Waals surface area contributed by atoms with Crippen LogP contribution < -0.4 is 10.5 Å². The van der Waals surface area contributed by atoms with Crippen molar-refractivity contribution < 1.29 is 12.8 Å². The van der Waals surface area contributed by atoms with Gasteiger partial charge < -0.3 is 5.73 Å². The van der Waals surface area contributed by atoms with Gasteiger partial charge in [0.2, 0.25) is 0 Å². The molecule has 0 aromatic heterocycles. The highest BCUT2D eigenvalue weighted by atomic mass is 32.2. The minimum Gasteiger partial charge on any atom is -0.326 e. The number of sulfonamides is 1. The number of benzene rings is 2. The van der Waals surface area contributed by atoms with E-state index >= 15 is 0 Å². The Bertz CT molecular complexity index is 730. The van der Waals surface area contributed by atoms with Gasteiger partial charge in [-0.1, -0.05) is 18.2 Å². The van der Waals surface area contributed by atoms with Gasteiger partial charge in [-0.3, -0.25) is 4.72 Å². The number of nitrogens with two attached hydrogens (primary N) is 1. The summed E-state index contributed by atoms with van der Waals surface area (Å²) in [7, 11) is -3.70. The molecule has 0 spiro atoms. The molecule has 0 atom stereocenters. The molecule has 3 N–H and O–H groups in total. The van der Waals surface area contributed by atoms with Crippen molar-refractivity contribution in [3.63, 3.8) is 0 Å². The second kappa shape index (κ2) is 5.60. The smallest absolute Gasteiger partial charge is 0.262 e. The summed E-state index contributed by atoms with van der Waals surface area (Å²) in [6, 6.07) is 10.6. The third kappa shape index (κ3) is 2.97. The van der Waals surface area contributed by atoms with E-state index in [0.717, 1.165) is 0 Å². The van der Waals surface area contributed by atoms with Crippen LogP contribution in [0.2, 0.25) is 0 Å². The largest absolute Gasteiger partial charge is 0.326 e. The van der Waals surface area contributed by atoms with E-state index in [2.05, 4.69) is 4.72 Å². The third-order valence-electron chi connectivity index (χ3n) is 2.90. The molecule has 0 amide bonds. The summed E-state index contributed by atoms with van der Waals surface area (Å²) < 4.78 is 40.3. The lowest BCUT2D eigenvalue weighted by molar-refractivity contribution is 0.600. The lowest BCUT2D eigenvalue weighted by Gasteiger charge is -2.11. The first-order valence-corrected chi connectivity index (χ1v) is 7.49. The molecular formula is C14H15FN2O2S. The van der Waals surface area contributed by atoms with E-state index in [1.165, 1.54) is 24.3 Å². The van der Waals surface area contributed by atoms with Gasteiger partial charge in [-0.05, 0) is 36.8 Å². The minimum atomic E-state index is -3.70. The quantitative estimate of drug-likeness (QED) is 0.909. The zero-order valence-electron chi connectivity index (χ0n) is 10.9. The van der Waals surface area contributed by atoms with Crippen LogP contribution in [0.25, 0.3) is 0 Å². The number of hydrogen-bond donors (Lipinski definition) is 2. The molecule has 0 fully saturated rings. The molecule has 0 bridgehead atoms. The molecule has 0 heterocycles. The van der Waals surface area contributed by atoms with Crippen LogP contribution in [0.15, 0.2) is 47.4 Å². The fraction of sp³-hybridized carbons (Fsp3) is 0.143. The SMILES string of the molecule is Cc1ccccc1S(=O)(=O)Nc1ccc(F)c(CN)c1. The molecule has 2 rings (SSSR count). The molecule has 4 nitrogen and oxygen atoms in total. The molecule has 0 aliphatic heterocycles. The van der Waals surface area contributed by atoms with Crippen LogP contribution in [0.3, 0.4) is 0 Å². The van der Waals surface area contributed by atoms with E-state index in [1.54, 1.807) is 25.1 Å². The molecular weight excluding hydrogens is 279 g/mol. The molecule has 0 radical (unpaired) electrons. The van der Waals surface area contributed by atoms with E-state index in [0.29, 0.717) is 5.56 Å². The van der Waals surface area contributed by atoms with E-state index in [9.17, 15) is 12.8 Å². The average Bonchev–Trinajstić information content (AvgIpc) is 2.41. The standard InChI is InChI=1S/C14H15FN2O2S/c1-10-4-2-3-5-14(10)20(18,19)17-12-6-7-13(15)11(8-12)9-16/h2-8,17H,9,16H2,1H3. The van der Waals surface area contributed by atoms with Gasteiger partial charge >= 0.3 is 0 Å². The number of nitrogens with one attached hydrogen (secondary N) is 1. The minimum absolute atomic E-state index is 0.00572. The van der Waals surface area contributed by atoms with Crippen LogP contribution in [0, 0.1) is 12.7 Å². The summed E-state index contributed by atoms with van der Waals surface area (Å²) in [5.74, 6) is -0.452. The highest BCUT2D eigenvalue weighted by molar-refractivity contribution is 7.92. The Morgan fingerprint density at radius 3 is 2.55 bits per heavy atom. The predicted octanol–water partition coefficient (Wildman–Crippen LogP) is 2.39. The second-order valence-electron chi connectivity index (χ2n) is 4.38. The van der Waals surface area contributed by atoms with Gasteiger partial charge in [0.1, 0.15) is 5.82 Å². The third-order valence-corrected chi connectivity index (χ3v) is 4.44. The molecule has 0 saturated carbocycles. The van der Waals surface area contributed by atoms with Crippen LogP contribution in [-0.4, -0.2) is 8.42 Å². The zero-order valence-corrected chi connectivity index (χ0v) is 11.7. The van der Waals surface area contributed by atoms with Gasteiger partial charge in [-0.25, -0.2) is 12.8 Å². The molecule has 20 heavy (non-hydrogen) atoms. The predicted molar refractivity (Wildman–Crippen MR) is 76.3 cm³/mol. The fourth-order valence-electron chi connectivity index (χ4n) is 1.86. The van der Waals surface area contributed by atoms with Gasteiger partial charge in [0, 0.05) is 17.8 Å². The van der Waals surface area contributed by atoms with Crippen molar-refractivity contribution in [2.24, 2.45) is 5.73 Å². The molecule has 2 aromatic carbocycles. The van der Waals surface area contributed by atoms with Crippen LogP contribution in [0.5, 0.6) is 0 Å². The summed E-state index contributed by atoms with van der Waals surface area (Å²) in [5.41, 5.74) is 6.59. The van der Waals surface area contributed by atoms with Crippen molar-refractivity contribution in [2.75, 3.05) is 4.72 Å². The molecule has 0 aliphatic carbocycles. The lowest BCUT2D eigenvalue weighted by Crippen LogP contribution is -2.14. The fourth-order valence-corrected chi connectivity index (χ4v) is 3.16. The number of anilines is 1. The van der Waals surface area contributed by atoms with E-state index < -0.39 is 15.8 Å². The van der Waals surface area contributed by atoms with Crippen molar-refractivity contribution in [1.82, 2.24) is 0 Å². The Hall–Kier alpha value is -1.92. The van der Waals surface area contributed by atoms with Gasteiger partial charge in [0.15, 0.2) is 0 Å². The summed E-state index contributed by atoms with van der Waals surface area (Å²) >= 11 is 0. The maximum atomic E-state index is 13.3. The van der Waals surface area contributed by atoms with E-state index in [-0.39, 0.29) is 22.7 Å². The lowest BCUT2D eigenvalue weighted by atomic mass is 10.2. The van der Waals surface area contributed by atoms with E-state index in [4.69, 9.17) is 5.73 Å². The van der Waals surface area contributed by atoms with Crippen molar-refractivity contribution in [2.45, 2.75) is 18.4 Å². The Labute approximate surface area is 117 Å². The summed E-state index contributed by atoms with van der Waals surface area (Å²) in [6.45, 7) is 1.72. The second-order valence-corrected chi connectivity index (χ2v) is 6.03. The van der Waals surface area contributed by atoms with Gasteiger partial charge in [0.25, 0.3) is 10.0 Å². The van der Waals surface area contributed by atoms with Crippen molar-refractivity contribution >= 4 is 15.7 Å². The molecule has 2 aromatic rings. The number of hydrogen-bond acceptors (Lipinski definition) is 3. The molecule has 0 aliphatic rings. The first-order valence-electron chi connectivity index (χ1n) is 6.01. The molecule has 0 unspecified atom stereocenters. The van der Waals surface area contributed by atoms with Crippen molar-refractivity contribution in [1.29, 1.82) is 0 Å². The van der Waals surface area contributed by atoms with Crippen LogP contribution >= 0.6 is 0 Å².